The Kier molecular flexibility index (Phi) is 7.89. The lowest BCUT2D eigenvalue weighted by Crippen LogP contribution is -2.16. The second-order valence-electron chi connectivity index (χ2n) is 2.72. The van der Waals surface area contributed by atoms with Gasteiger partial charge < -0.3 is 9.47 Å². The molecule has 0 bridgehead atoms. The molecule has 0 saturated carbocycles. The quantitative estimate of drug-likeness (QED) is 0.405. The molecule has 0 heterocycles. The first-order valence-electron chi connectivity index (χ1n) is 4.72. The van der Waals surface area contributed by atoms with Crippen molar-refractivity contribution in [3.63, 3.8) is 0 Å². The van der Waals surface area contributed by atoms with Crippen LogP contribution in [0.2, 0.25) is 0 Å². The van der Waals surface area contributed by atoms with Gasteiger partial charge in [0.1, 0.15) is 0 Å². The fraction of sp³-hybridized carbons (Fsp3) is 0.417. The molecule has 82 valence electrons. The summed E-state index contributed by atoms with van der Waals surface area (Å²) in [6.45, 7) is 5.46. The summed E-state index contributed by atoms with van der Waals surface area (Å²) in [7, 11) is 1.27. The first-order chi connectivity index (χ1) is 7.24. The minimum Gasteiger partial charge on any atom is -0.438 e. The minimum atomic E-state index is -0.709. The van der Waals surface area contributed by atoms with Crippen LogP contribution < -0.4 is 0 Å². The third-order valence-electron chi connectivity index (χ3n) is 1.53. The van der Waals surface area contributed by atoms with Crippen LogP contribution in [0.25, 0.3) is 0 Å². The topological polar surface area (TPSA) is 35.5 Å². The maximum absolute atomic E-state index is 10.9. The summed E-state index contributed by atoms with van der Waals surface area (Å²) in [5, 5.41) is 0. The van der Waals surface area contributed by atoms with Gasteiger partial charge in [-0.05, 0) is 25.8 Å². The third-order valence-corrected chi connectivity index (χ3v) is 1.53. The van der Waals surface area contributed by atoms with Gasteiger partial charge in [0.05, 0.1) is 7.11 Å². The third kappa shape index (κ3) is 7.39. The predicted molar refractivity (Wildman–Crippen MR) is 59.3 cm³/mol. The summed E-state index contributed by atoms with van der Waals surface area (Å²) >= 11 is 0. The van der Waals surface area contributed by atoms with Gasteiger partial charge in [-0.1, -0.05) is 24.0 Å². The molecule has 0 fully saturated rings. The van der Waals surface area contributed by atoms with E-state index in [1.54, 1.807) is 12.2 Å². The average Bonchev–Trinajstić information content (AvgIpc) is 2.25. The molecule has 15 heavy (non-hydrogen) atoms. The van der Waals surface area contributed by atoms with Crippen molar-refractivity contribution < 1.29 is 14.3 Å². The van der Waals surface area contributed by atoms with Gasteiger partial charge in [-0.3, -0.25) is 0 Å². The van der Waals surface area contributed by atoms with Gasteiger partial charge in [0.2, 0.25) is 0 Å². The van der Waals surface area contributed by atoms with Crippen molar-refractivity contribution >= 4 is 6.16 Å². The highest BCUT2D eigenvalue weighted by Gasteiger charge is 2.10. The summed E-state index contributed by atoms with van der Waals surface area (Å²) < 4.78 is 9.33. The predicted octanol–water partition coefficient (Wildman–Crippen LogP) is 2.68. The molecule has 0 aliphatic carbocycles. The van der Waals surface area contributed by atoms with Gasteiger partial charge >= 0.3 is 6.16 Å². The highest BCUT2D eigenvalue weighted by molar-refractivity contribution is 5.60. The smallest absolute Gasteiger partial charge is 0.438 e. The fourth-order valence-electron chi connectivity index (χ4n) is 0.818. The average molecular weight is 208 g/mol. The van der Waals surface area contributed by atoms with Crippen LogP contribution in [-0.4, -0.2) is 19.4 Å². The maximum atomic E-state index is 10.9. The van der Waals surface area contributed by atoms with Crippen LogP contribution in [0, 0.1) is 11.8 Å². The lowest BCUT2D eigenvalue weighted by molar-refractivity contribution is 0.0532. The van der Waals surface area contributed by atoms with Crippen LogP contribution in [-0.2, 0) is 9.47 Å². The molecule has 0 amide bonds. The molecular formula is C12H16O3. The zero-order valence-electron chi connectivity index (χ0n) is 9.16. The summed E-state index contributed by atoms with van der Waals surface area (Å²) in [5.41, 5.74) is 0. The normalized spacial score (nSPS) is 11.3. The van der Waals surface area contributed by atoms with Gasteiger partial charge in [-0.25, -0.2) is 4.79 Å². The Labute approximate surface area is 90.8 Å². The van der Waals surface area contributed by atoms with Crippen molar-refractivity contribution in [2.75, 3.05) is 7.11 Å². The summed E-state index contributed by atoms with van der Waals surface area (Å²) in [6, 6.07) is 0. The Bertz CT molecular complexity index is 281. The minimum absolute atomic E-state index is 0.438. The van der Waals surface area contributed by atoms with E-state index < -0.39 is 12.3 Å². The van der Waals surface area contributed by atoms with Gasteiger partial charge in [-0.2, -0.15) is 0 Å². The van der Waals surface area contributed by atoms with E-state index in [1.807, 2.05) is 13.0 Å². The van der Waals surface area contributed by atoms with Crippen molar-refractivity contribution in [3.05, 3.63) is 24.8 Å². The molecule has 0 rings (SSSR count). The highest BCUT2D eigenvalue weighted by atomic mass is 16.7. The summed E-state index contributed by atoms with van der Waals surface area (Å²) in [4.78, 5) is 10.9. The monoisotopic (exact) mass is 208 g/mol. The Hall–Kier alpha value is -1.69. The number of allylic oxidation sites excluding steroid dienone is 3. The van der Waals surface area contributed by atoms with Crippen LogP contribution in [0.15, 0.2) is 24.8 Å². The molecule has 0 N–H and O–H groups in total. The molecule has 3 nitrogen and oxygen atoms in total. The first-order valence-corrected chi connectivity index (χ1v) is 4.72. The number of rotatable bonds is 4. The maximum Gasteiger partial charge on any atom is 0.509 e. The molecule has 0 radical (unpaired) electrons. The van der Waals surface area contributed by atoms with Crippen molar-refractivity contribution in [1.29, 1.82) is 0 Å². The zero-order chi connectivity index (χ0) is 11.5. The first kappa shape index (κ1) is 13.3. The van der Waals surface area contributed by atoms with Crippen molar-refractivity contribution in [2.45, 2.75) is 25.9 Å². The Morgan fingerprint density at radius 3 is 2.87 bits per heavy atom. The lowest BCUT2D eigenvalue weighted by atomic mass is 10.2. The molecule has 0 saturated heterocycles. The van der Waals surface area contributed by atoms with E-state index in [9.17, 15) is 4.79 Å². The van der Waals surface area contributed by atoms with Gasteiger partial charge in [-0.15, -0.1) is 6.58 Å². The standard InChI is InChI=1S/C12H16O3/c1-4-6-8-10-11(9-7-5-2)15-12(13)14-3/h4-6,11H,2,7,9H2,1,3H3. The summed E-state index contributed by atoms with van der Waals surface area (Å²) in [6.07, 6.45) is 5.49. The second kappa shape index (κ2) is 8.89. The molecular weight excluding hydrogens is 192 g/mol. The van der Waals surface area contributed by atoms with E-state index in [1.165, 1.54) is 7.11 Å². The summed E-state index contributed by atoms with van der Waals surface area (Å²) in [5.74, 6) is 5.59. The Morgan fingerprint density at radius 1 is 1.60 bits per heavy atom. The number of ether oxygens (including phenoxy) is 2. The van der Waals surface area contributed by atoms with Crippen LogP contribution in [0.1, 0.15) is 19.8 Å². The van der Waals surface area contributed by atoms with Crippen LogP contribution >= 0.6 is 0 Å². The van der Waals surface area contributed by atoms with E-state index >= 15 is 0 Å². The van der Waals surface area contributed by atoms with Crippen LogP contribution in [0.5, 0.6) is 0 Å². The molecule has 0 aliphatic heterocycles. The number of hydrogen-bond donors (Lipinski definition) is 0. The molecule has 0 aliphatic rings. The van der Waals surface area contributed by atoms with E-state index in [-0.39, 0.29) is 0 Å². The lowest BCUT2D eigenvalue weighted by Gasteiger charge is -2.09. The molecule has 1 unspecified atom stereocenters. The molecule has 0 spiro atoms. The largest absolute Gasteiger partial charge is 0.509 e. The van der Waals surface area contributed by atoms with Gasteiger partial charge in [0, 0.05) is 0 Å². The molecule has 0 aromatic rings. The SMILES string of the molecule is C=CCCC(C#CC=CC)OC(=O)OC. The highest BCUT2D eigenvalue weighted by Crippen LogP contribution is 2.03. The molecule has 0 aromatic heterocycles. The molecule has 3 heteroatoms. The number of hydrogen-bond acceptors (Lipinski definition) is 3. The van der Waals surface area contributed by atoms with Crippen LogP contribution in [0.4, 0.5) is 4.79 Å². The Morgan fingerprint density at radius 2 is 2.33 bits per heavy atom. The fourth-order valence-corrected chi connectivity index (χ4v) is 0.818. The van der Waals surface area contributed by atoms with Gasteiger partial charge in [0.25, 0.3) is 0 Å². The zero-order valence-corrected chi connectivity index (χ0v) is 9.16. The number of carbonyl (C=O) groups excluding carboxylic acids is 1. The van der Waals surface area contributed by atoms with E-state index in [0.717, 1.165) is 6.42 Å². The van der Waals surface area contributed by atoms with E-state index in [0.29, 0.717) is 6.42 Å². The van der Waals surface area contributed by atoms with Crippen molar-refractivity contribution in [1.82, 2.24) is 0 Å². The number of carbonyl (C=O) groups is 1. The van der Waals surface area contributed by atoms with Crippen LogP contribution in [0.3, 0.4) is 0 Å². The Balaban J connectivity index is 4.24. The van der Waals surface area contributed by atoms with Gasteiger partial charge in [0.15, 0.2) is 6.10 Å². The molecule has 1 atom stereocenters. The number of methoxy groups -OCH3 is 1. The van der Waals surface area contributed by atoms with E-state index in [4.69, 9.17) is 4.74 Å². The van der Waals surface area contributed by atoms with E-state index in [2.05, 4.69) is 23.2 Å². The molecule has 0 aromatic carbocycles. The van der Waals surface area contributed by atoms with Crippen molar-refractivity contribution in [3.8, 4) is 11.8 Å². The second-order valence-corrected chi connectivity index (χ2v) is 2.72. The van der Waals surface area contributed by atoms with Crippen molar-refractivity contribution in [2.24, 2.45) is 0 Å².